The van der Waals surface area contributed by atoms with Gasteiger partial charge in [0.2, 0.25) is 5.95 Å². The fraction of sp³-hybridized carbons (Fsp3) is 0.214. The number of amides is 2. The van der Waals surface area contributed by atoms with E-state index in [1.54, 1.807) is 36.9 Å². The number of halogens is 1. The van der Waals surface area contributed by atoms with E-state index >= 15 is 0 Å². The molecular weight excluding hydrogens is 485 g/mol. The molecule has 2 amide bonds. The third kappa shape index (κ3) is 4.93. The van der Waals surface area contributed by atoms with Crippen molar-refractivity contribution in [3.63, 3.8) is 0 Å². The molecule has 0 spiro atoms. The van der Waals surface area contributed by atoms with Gasteiger partial charge in [0.25, 0.3) is 0 Å². The van der Waals surface area contributed by atoms with Gasteiger partial charge in [-0.05, 0) is 48.7 Å². The molecule has 3 aromatic heterocycles. The maximum atomic E-state index is 13.5. The van der Waals surface area contributed by atoms with Gasteiger partial charge >= 0.3 is 11.9 Å². The summed E-state index contributed by atoms with van der Waals surface area (Å²) in [5, 5.41) is 6.41. The predicted octanol–water partition coefficient (Wildman–Crippen LogP) is 4.98. The average Bonchev–Trinajstić information content (AvgIpc) is 3.55. The summed E-state index contributed by atoms with van der Waals surface area (Å²) in [6.07, 6.45) is 6.79. The number of hydrogen-bond donors (Lipinski definition) is 2. The first kappa shape index (κ1) is 23.7. The number of piperidine rings is 1. The summed E-state index contributed by atoms with van der Waals surface area (Å²) in [7, 11) is 0. The van der Waals surface area contributed by atoms with Crippen molar-refractivity contribution in [3.8, 4) is 22.6 Å². The Balaban J connectivity index is 1.19. The van der Waals surface area contributed by atoms with Crippen molar-refractivity contribution in [2.75, 3.05) is 18.4 Å². The van der Waals surface area contributed by atoms with Crippen LogP contribution >= 0.6 is 0 Å². The SMILES string of the molecule is O=C(NCc1ccccc1)N1CCCC(Nc2nccc(-c3c(-c4ccc(F)cc4)nc4occn34)n2)C1. The van der Waals surface area contributed by atoms with Crippen LogP contribution in [0, 0.1) is 5.82 Å². The summed E-state index contributed by atoms with van der Waals surface area (Å²) in [5.41, 5.74) is 3.80. The summed E-state index contributed by atoms with van der Waals surface area (Å²) >= 11 is 0. The Morgan fingerprint density at radius 2 is 1.92 bits per heavy atom. The highest BCUT2D eigenvalue weighted by Crippen LogP contribution is 2.32. The number of imidazole rings is 1. The highest BCUT2D eigenvalue weighted by molar-refractivity contribution is 5.79. The number of benzene rings is 2. The maximum absolute atomic E-state index is 13.5. The molecule has 0 bridgehead atoms. The van der Waals surface area contributed by atoms with Crippen LogP contribution < -0.4 is 10.6 Å². The van der Waals surface area contributed by atoms with Gasteiger partial charge < -0.3 is 20.0 Å². The Hall–Kier alpha value is -4.73. The van der Waals surface area contributed by atoms with Gasteiger partial charge in [0.1, 0.15) is 23.5 Å². The van der Waals surface area contributed by atoms with Crippen molar-refractivity contribution in [2.45, 2.75) is 25.4 Å². The van der Waals surface area contributed by atoms with E-state index in [1.807, 2.05) is 39.6 Å². The Kier molecular flexibility index (Phi) is 6.43. The van der Waals surface area contributed by atoms with Crippen LogP contribution in [0.5, 0.6) is 0 Å². The molecule has 5 aromatic rings. The average molecular weight is 512 g/mol. The Bertz CT molecular complexity index is 1550. The molecule has 0 saturated carbocycles. The van der Waals surface area contributed by atoms with Crippen LogP contribution in [0.3, 0.4) is 0 Å². The van der Waals surface area contributed by atoms with E-state index in [2.05, 4.69) is 20.6 Å². The summed E-state index contributed by atoms with van der Waals surface area (Å²) in [5.74, 6) is 0.557. The van der Waals surface area contributed by atoms with Gasteiger partial charge in [-0.3, -0.25) is 4.40 Å². The lowest BCUT2D eigenvalue weighted by Crippen LogP contribution is -2.49. The fourth-order valence-corrected chi connectivity index (χ4v) is 4.75. The number of nitrogens with one attached hydrogen (secondary N) is 2. The highest BCUT2D eigenvalue weighted by atomic mass is 19.1. The van der Waals surface area contributed by atoms with E-state index in [1.165, 1.54) is 12.1 Å². The lowest BCUT2D eigenvalue weighted by atomic mass is 10.1. The number of hydrogen-bond acceptors (Lipinski definition) is 6. The number of likely N-dealkylation sites (tertiary alicyclic amines) is 1. The number of rotatable bonds is 6. The minimum Gasteiger partial charge on any atom is -0.432 e. The predicted molar refractivity (Wildman–Crippen MR) is 141 cm³/mol. The second-order valence-electron chi connectivity index (χ2n) is 9.21. The Morgan fingerprint density at radius 1 is 1.08 bits per heavy atom. The standard InChI is InChI=1S/C28H26FN7O2/c29-21-10-8-20(9-11-21)24-25(36-15-16-38-28(36)34-24)23-12-13-30-26(33-23)32-22-7-4-14-35(18-22)27(37)31-17-19-5-2-1-3-6-19/h1-3,5-6,8-13,15-16,22H,4,7,14,17-18H2,(H,31,37)(H,30,32,33). The third-order valence-electron chi connectivity index (χ3n) is 6.61. The largest absolute Gasteiger partial charge is 0.432 e. The lowest BCUT2D eigenvalue weighted by molar-refractivity contribution is 0.182. The molecule has 38 heavy (non-hydrogen) atoms. The molecule has 10 heteroatoms. The van der Waals surface area contributed by atoms with Crippen LogP contribution in [0.4, 0.5) is 15.1 Å². The van der Waals surface area contributed by atoms with Crippen LogP contribution in [-0.2, 0) is 6.54 Å². The molecule has 1 atom stereocenters. The Morgan fingerprint density at radius 3 is 2.76 bits per heavy atom. The number of fused-ring (bicyclic) bond motifs is 1. The second kappa shape index (κ2) is 10.3. The van der Waals surface area contributed by atoms with Crippen molar-refractivity contribution in [1.82, 2.24) is 29.6 Å². The zero-order valence-electron chi connectivity index (χ0n) is 20.5. The molecule has 2 N–H and O–H groups in total. The molecule has 0 aliphatic carbocycles. The topological polar surface area (TPSA) is 101 Å². The van der Waals surface area contributed by atoms with E-state index in [9.17, 15) is 9.18 Å². The molecule has 0 radical (unpaired) electrons. The van der Waals surface area contributed by atoms with Crippen LogP contribution in [0.1, 0.15) is 18.4 Å². The minimum atomic E-state index is -0.318. The molecule has 2 aromatic carbocycles. The van der Waals surface area contributed by atoms with Crippen molar-refractivity contribution < 1.29 is 13.6 Å². The molecule has 1 unspecified atom stereocenters. The van der Waals surface area contributed by atoms with Crippen LogP contribution in [0.15, 0.2) is 83.7 Å². The van der Waals surface area contributed by atoms with Crippen molar-refractivity contribution in [2.24, 2.45) is 0 Å². The number of aromatic nitrogens is 4. The van der Waals surface area contributed by atoms with Gasteiger partial charge in [-0.2, -0.15) is 4.98 Å². The first-order valence-corrected chi connectivity index (χ1v) is 12.5. The molecule has 1 aliphatic heterocycles. The number of anilines is 1. The third-order valence-corrected chi connectivity index (χ3v) is 6.61. The minimum absolute atomic E-state index is 0.0115. The van der Waals surface area contributed by atoms with Crippen LogP contribution in [0.25, 0.3) is 28.5 Å². The van der Waals surface area contributed by atoms with Gasteiger partial charge in [0.05, 0.1) is 5.69 Å². The summed E-state index contributed by atoms with van der Waals surface area (Å²) in [6, 6.07) is 17.8. The van der Waals surface area contributed by atoms with Gasteiger partial charge in [0.15, 0.2) is 0 Å². The molecule has 4 heterocycles. The van der Waals surface area contributed by atoms with Crippen molar-refractivity contribution in [3.05, 3.63) is 90.7 Å². The van der Waals surface area contributed by atoms with E-state index < -0.39 is 0 Å². The molecule has 192 valence electrons. The van der Waals surface area contributed by atoms with Gasteiger partial charge in [-0.25, -0.2) is 19.2 Å². The number of carbonyl (C=O) groups excluding carboxylic acids is 1. The quantitative estimate of drug-likeness (QED) is 0.334. The number of nitrogens with zero attached hydrogens (tertiary/aromatic N) is 5. The molecule has 1 fully saturated rings. The second-order valence-corrected chi connectivity index (χ2v) is 9.21. The monoisotopic (exact) mass is 511 g/mol. The van der Waals surface area contributed by atoms with Gasteiger partial charge in [0, 0.05) is 43.6 Å². The van der Waals surface area contributed by atoms with E-state index in [4.69, 9.17) is 9.40 Å². The molecule has 1 aliphatic rings. The number of urea groups is 1. The number of oxazole rings is 1. The zero-order chi connectivity index (χ0) is 25.9. The van der Waals surface area contributed by atoms with E-state index in [0.29, 0.717) is 42.8 Å². The molecule has 9 nitrogen and oxygen atoms in total. The highest BCUT2D eigenvalue weighted by Gasteiger charge is 2.25. The first-order valence-electron chi connectivity index (χ1n) is 12.5. The molecule has 6 rings (SSSR count). The number of carbonyl (C=O) groups is 1. The molecular formula is C28H26FN7O2. The molecule has 1 saturated heterocycles. The lowest BCUT2D eigenvalue weighted by Gasteiger charge is -2.33. The fourth-order valence-electron chi connectivity index (χ4n) is 4.75. The van der Waals surface area contributed by atoms with Gasteiger partial charge in [-0.1, -0.05) is 30.3 Å². The zero-order valence-corrected chi connectivity index (χ0v) is 20.5. The van der Waals surface area contributed by atoms with Crippen molar-refractivity contribution in [1.29, 1.82) is 0 Å². The normalized spacial score (nSPS) is 15.5. The van der Waals surface area contributed by atoms with Crippen molar-refractivity contribution >= 4 is 17.8 Å². The Labute approximate surface area is 218 Å². The van der Waals surface area contributed by atoms with E-state index in [0.717, 1.165) is 29.7 Å². The smallest absolute Gasteiger partial charge is 0.317 e. The van der Waals surface area contributed by atoms with Crippen LogP contribution in [-0.4, -0.2) is 49.4 Å². The summed E-state index contributed by atoms with van der Waals surface area (Å²) < 4.78 is 20.9. The first-order chi connectivity index (χ1) is 18.6. The van der Waals surface area contributed by atoms with E-state index in [-0.39, 0.29) is 17.9 Å². The summed E-state index contributed by atoms with van der Waals surface area (Å²) in [4.78, 5) is 28.4. The van der Waals surface area contributed by atoms with Gasteiger partial charge in [-0.15, -0.1) is 0 Å². The van der Waals surface area contributed by atoms with Crippen LogP contribution in [0.2, 0.25) is 0 Å². The summed E-state index contributed by atoms with van der Waals surface area (Å²) in [6.45, 7) is 1.74. The maximum Gasteiger partial charge on any atom is 0.317 e.